The van der Waals surface area contributed by atoms with Crippen LogP contribution in [0.15, 0.2) is 78.4 Å². The molecule has 0 saturated carbocycles. The third kappa shape index (κ3) is 5.11. The average molecular weight is 516 g/mol. The van der Waals surface area contributed by atoms with Crippen LogP contribution in [0.2, 0.25) is 0 Å². The van der Waals surface area contributed by atoms with Crippen LogP contribution in [-0.4, -0.2) is 43.6 Å². The maximum absolute atomic E-state index is 13.5. The molecule has 1 heterocycles. The molecule has 1 aliphatic heterocycles. The molecule has 1 N–H and O–H groups in total. The number of methoxy groups -OCH3 is 2. The summed E-state index contributed by atoms with van der Waals surface area (Å²) in [6.45, 7) is 4.52. The highest BCUT2D eigenvalue weighted by Crippen LogP contribution is 2.45. The second kappa shape index (κ2) is 11.2. The van der Waals surface area contributed by atoms with Crippen molar-refractivity contribution in [1.29, 1.82) is 0 Å². The summed E-state index contributed by atoms with van der Waals surface area (Å²) >= 11 is 0. The predicted molar refractivity (Wildman–Crippen MR) is 142 cm³/mol. The number of ketones is 1. The number of para-hydroxylation sites is 1. The molecule has 1 atom stereocenters. The molecule has 1 fully saturated rings. The van der Waals surface area contributed by atoms with Crippen LogP contribution < -0.4 is 14.4 Å². The van der Waals surface area contributed by atoms with E-state index >= 15 is 0 Å². The van der Waals surface area contributed by atoms with E-state index in [4.69, 9.17) is 14.2 Å². The van der Waals surface area contributed by atoms with Gasteiger partial charge in [0.25, 0.3) is 11.7 Å². The van der Waals surface area contributed by atoms with Gasteiger partial charge in [0.15, 0.2) is 0 Å². The van der Waals surface area contributed by atoms with Gasteiger partial charge in [0, 0.05) is 16.8 Å². The van der Waals surface area contributed by atoms with Gasteiger partial charge in [-0.25, -0.2) is 4.79 Å². The first-order valence-corrected chi connectivity index (χ1v) is 12.1. The Kier molecular flexibility index (Phi) is 7.81. The van der Waals surface area contributed by atoms with E-state index in [-0.39, 0.29) is 16.9 Å². The Balaban J connectivity index is 1.91. The van der Waals surface area contributed by atoms with Crippen molar-refractivity contribution in [3.05, 3.63) is 95.1 Å². The van der Waals surface area contributed by atoms with E-state index in [9.17, 15) is 19.5 Å². The molecule has 4 rings (SSSR count). The molecular formula is C30H29NO7. The average Bonchev–Trinajstić information content (AvgIpc) is 3.20. The summed E-state index contributed by atoms with van der Waals surface area (Å²) in [7, 11) is 2.74. The van der Waals surface area contributed by atoms with Crippen molar-refractivity contribution in [3.8, 4) is 11.5 Å². The van der Waals surface area contributed by atoms with Crippen molar-refractivity contribution in [2.24, 2.45) is 5.92 Å². The quantitative estimate of drug-likeness (QED) is 0.192. The van der Waals surface area contributed by atoms with Crippen LogP contribution in [0.25, 0.3) is 5.76 Å². The minimum atomic E-state index is -1.03. The Morgan fingerprint density at radius 1 is 0.947 bits per heavy atom. The number of aliphatic hydroxyl groups excluding tert-OH is 1. The number of aliphatic hydroxyl groups is 1. The smallest absolute Gasteiger partial charge is 0.337 e. The van der Waals surface area contributed by atoms with E-state index < -0.39 is 23.7 Å². The highest BCUT2D eigenvalue weighted by atomic mass is 16.5. The predicted octanol–water partition coefficient (Wildman–Crippen LogP) is 5.14. The van der Waals surface area contributed by atoms with E-state index in [1.165, 1.54) is 25.2 Å². The van der Waals surface area contributed by atoms with Crippen molar-refractivity contribution in [2.75, 3.05) is 25.7 Å². The number of esters is 1. The van der Waals surface area contributed by atoms with E-state index in [0.717, 1.165) is 0 Å². The molecule has 0 radical (unpaired) electrons. The van der Waals surface area contributed by atoms with E-state index in [1.54, 1.807) is 66.7 Å². The number of carbonyl (C=O) groups excluding carboxylic acids is 3. The Morgan fingerprint density at radius 3 is 2.37 bits per heavy atom. The van der Waals surface area contributed by atoms with Crippen LogP contribution in [-0.2, 0) is 14.3 Å². The summed E-state index contributed by atoms with van der Waals surface area (Å²) in [4.78, 5) is 40.4. The number of nitrogens with zero attached hydrogens (tertiary/aromatic N) is 1. The SMILES string of the molecule is COC(=O)c1cccc(N2C(=O)C(=O)/C(=C(/O)c3cccc(OCC(C)C)c3)C2c2ccccc2OC)c1. The topological polar surface area (TPSA) is 102 Å². The molecule has 8 heteroatoms. The number of rotatable bonds is 8. The summed E-state index contributed by atoms with van der Waals surface area (Å²) < 4.78 is 16.2. The molecular weight excluding hydrogens is 486 g/mol. The van der Waals surface area contributed by atoms with Gasteiger partial charge in [0.1, 0.15) is 17.3 Å². The molecule has 1 unspecified atom stereocenters. The molecule has 0 aromatic heterocycles. The number of hydrogen-bond donors (Lipinski definition) is 1. The van der Waals surface area contributed by atoms with Crippen molar-refractivity contribution >= 4 is 29.1 Å². The van der Waals surface area contributed by atoms with Gasteiger partial charge in [0.2, 0.25) is 0 Å². The Labute approximate surface area is 221 Å². The Morgan fingerprint density at radius 2 is 1.66 bits per heavy atom. The lowest BCUT2D eigenvalue weighted by Gasteiger charge is -2.27. The molecule has 0 spiro atoms. The van der Waals surface area contributed by atoms with Crippen LogP contribution in [0, 0.1) is 5.92 Å². The minimum absolute atomic E-state index is 0.107. The normalized spacial score (nSPS) is 16.6. The van der Waals surface area contributed by atoms with Crippen LogP contribution in [0.1, 0.15) is 41.4 Å². The van der Waals surface area contributed by atoms with Crippen molar-refractivity contribution < 1.29 is 33.7 Å². The maximum Gasteiger partial charge on any atom is 0.337 e. The largest absolute Gasteiger partial charge is 0.507 e. The summed E-state index contributed by atoms with van der Waals surface area (Å²) in [5.41, 5.74) is 1.21. The molecule has 1 amide bonds. The molecule has 1 saturated heterocycles. The lowest BCUT2D eigenvalue weighted by atomic mass is 9.94. The molecule has 38 heavy (non-hydrogen) atoms. The standard InChI is InChI=1S/C30H29NO7/c1-18(2)17-38-22-12-8-9-19(16-22)27(32)25-26(23-13-5-6-14-24(23)36-3)31(29(34)28(25)33)21-11-7-10-20(15-21)30(35)37-4/h5-16,18,26,32H,17H2,1-4H3/b27-25+. The van der Waals surface area contributed by atoms with Crippen LogP contribution in [0.4, 0.5) is 5.69 Å². The third-order valence-electron chi connectivity index (χ3n) is 6.11. The molecule has 196 valence electrons. The zero-order valence-corrected chi connectivity index (χ0v) is 21.6. The minimum Gasteiger partial charge on any atom is -0.507 e. The monoisotopic (exact) mass is 515 g/mol. The fourth-order valence-corrected chi connectivity index (χ4v) is 4.34. The zero-order valence-electron chi connectivity index (χ0n) is 21.6. The number of benzene rings is 3. The van der Waals surface area contributed by atoms with E-state index in [0.29, 0.717) is 40.8 Å². The van der Waals surface area contributed by atoms with E-state index in [1.807, 2.05) is 13.8 Å². The highest BCUT2D eigenvalue weighted by Gasteiger charge is 2.48. The third-order valence-corrected chi connectivity index (χ3v) is 6.11. The Hall–Kier alpha value is -4.59. The molecule has 0 bridgehead atoms. The van der Waals surface area contributed by atoms with Crippen LogP contribution in [0.3, 0.4) is 0 Å². The number of Topliss-reactive ketones (excluding diaryl/α,β-unsaturated/α-hetero) is 1. The number of carbonyl (C=O) groups is 3. The summed E-state index contributed by atoms with van der Waals surface area (Å²) in [5.74, 6) is -1.41. The zero-order chi connectivity index (χ0) is 27.4. The van der Waals surface area contributed by atoms with Crippen molar-refractivity contribution in [2.45, 2.75) is 19.9 Å². The van der Waals surface area contributed by atoms with Gasteiger partial charge in [-0.2, -0.15) is 0 Å². The fraction of sp³-hybridized carbons (Fsp3) is 0.233. The molecule has 1 aliphatic rings. The molecule has 3 aromatic rings. The van der Waals surface area contributed by atoms with Gasteiger partial charge in [0.05, 0.1) is 38.0 Å². The van der Waals surface area contributed by atoms with Gasteiger partial charge in [-0.05, 0) is 42.3 Å². The van der Waals surface area contributed by atoms with Gasteiger partial charge >= 0.3 is 5.97 Å². The maximum atomic E-state index is 13.5. The van der Waals surface area contributed by atoms with Crippen LogP contribution >= 0.6 is 0 Å². The number of ether oxygens (including phenoxy) is 3. The Bertz CT molecular complexity index is 1410. The highest BCUT2D eigenvalue weighted by molar-refractivity contribution is 6.51. The number of amides is 1. The van der Waals surface area contributed by atoms with Gasteiger partial charge in [-0.3, -0.25) is 14.5 Å². The second-order valence-corrected chi connectivity index (χ2v) is 9.19. The first kappa shape index (κ1) is 26.5. The second-order valence-electron chi connectivity index (χ2n) is 9.19. The lowest BCUT2D eigenvalue weighted by molar-refractivity contribution is -0.132. The fourth-order valence-electron chi connectivity index (χ4n) is 4.34. The molecule has 8 nitrogen and oxygen atoms in total. The van der Waals surface area contributed by atoms with Gasteiger partial charge in [-0.15, -0.1) is 0 Å². The molecule has 3 aromatic carbocycles. The summed E-state index contributed by atoms with van der Waals surface area (Å²) in [6, 6.07) is 18.9. The van der Waals surface area contributed by atoms with Crippen LogP contribution in [0.5, 0.6) is 11.5 Å². The van der Waals surface area contributed by atoms with Crippen molar-refractivity contribution in [1.82, 2.24) is 0 Å². The van der Waals surface area contributed by atoms with Gasteiger partial charge < -0.3 is 19.3 Å². The van der Waals surface area contributed by atoms with Gasteiger partial charge in [-0.1, -0.05) is 50.2 Å². The number of anilines is 1. The van der Waals surface area contributed by atoms with Crippen molar-refractivity contribution in [3.63, 3.8) is 0 Å². The number of hydrogen-bond acceptors (Lipinski definition) is 7. The lowest BCUT2D eigenvalue weighted by Crippen LogP contribution is -2.29. The summed E-state index contributed by atoms with van der Waals surface area (Å²) in [5, 5.41) is 11.5. The van der Waals surface area contributed by atoms with E-state index in [2.05, 4.69) is 0 Å². The first-order valence-electron chi connectivity index (χ1n) is 12.1. The first-order chi connectivity index (χ1) is 18.3. The molecule has 0 aliphatic carbocycles. The summed E-state index contributed by atoms with van der Waals surface area (Å²) in [6.07, 6.45) is 0.